The van der Waals surface area contributed by atoms with Gasteiger partial charge >= 0.3 is 6.18 Å². The molecule has 1 aromatic heterocycles. The molecule has 4 rings (SSSR count). The van der Waals surface area contributed by atoms with E-state index in [1.165, 1.54) is 19.3 Å². The first kappa shape index (κ1) is 23.6. The Kier molecular flexibility index (Phi) is 6.47. The van der Waals surface area contributed by atoms with Gasteiger partial charge in [0.1, 0.15) is 18.2 Å². The van der Waals surface area contributed by atoms with E-state index in [-0.39, 0.29) is 22.8 Å². The zero-order valence-electron chi connectivity index (χ0n) is 18.2. The van der Waals surface area contributed by atoms with Gasteiger partial charge < -0.3 is 20.3 Å². The van der Waals surface area contributed by atoms with Crippen LogP contribution in [0.2, 0.25) is 5.02 Å². The van der Waals surface area contributed by atoms with Gasteiger partial charge in [-0.1, -0.05) is 17.7 Å². The van der Waals surface area contributed by atoms with E-state index in [2.05, 4.69) is 25.6 Å². The summed E-state index contributed by atoms with van der Waals surface area (Å²) in [7, 11) is 0. The first-order valence-corrected chi connectivity index (χ1v) is 10.6. The summed E-state index contributed by atoms with van der Waals surface area (Å²) < 4.78 is 44.1. The largest absolute Gasteiger partial charge is 0.485 e. The van der Waals surface area contributed by atoms with E-state index < -0.39 is 11.7 Å². The normalized spacial score (nSPS) is 13.9. The van der Waals surface area contributed by atoms with Crippen LogP contribution < -0.4 is 20.3 Å². The van der Waals surface area contributed by atoms with E-state index in [9.17, 15) is 18.0 Å². The molecule has 1 amide bonds. The van der Waals surface area contributed by atoms with E-state index >= 15 is 0 Å². The maximum atomic E-state index is 12.8. The number of ether oxygens (including phenoxy) is 1. The number of hydrogen-bond acceptors (Lipinski definition) is 7. The van der Waals surface area contributed by atoms with Gasteiger partial charge in [0.15, 0.2) is 0 Å². The Morgan fingerprint density at radius 2 is 1.91 bits per heavy atom. The maximum Gasteiger partial charge on any atom is 0.416 e. The van der Waals surface area contributed by atoms with Crippen molar-refractivity contribution in [3.63, 3.8) is 0 Å². The molecule has 0 aliphatic carbocycles. The smallest absolute Gasteiger partial charge is 0.416 e. The SMILES string of the molecule is CC(=O)Nc1cccc(Nc2ncnc(N3CC(Oc4ccc(C(F)(F)F)cc4Cl)C3)n2)c1C. The van der Waals surface area contributed by atoms with E-state index in [1.807, 2.05) is 17.9 Å². The van der Waals surface area contributed by atoms with Gasteiger partial charge in [-0.2, -0.15) is 18.2 Å². The van der Waals surface area contributed by atoms with Gasteiger partial charge in [-0.3, -0.25) is 4.79 Å². The number of amides is 1. The Bertz CT molecular complexity index is 1220. The Hall–Kier alpha value is -3.60. The molecule has 0 atom stereocenters. The molecule has 0 saturated carbocycles. The van der Waals surface area contributed by atoms with E-state index in [1.54, 1.807) is 12.1 Å². The molecule has 34 heavy (non-hydrogen) atoms. The summed E-state index contributed by atoms with van der Waals surface area (Å²) in [5.41, 5.74) is 1.40. The van der Waals surface area contributed by atoms with Crippen molar-refractivity contribution in [3.8, 4) is 5.75 Å². The second kappa shape index (κ2) is 9.34. The van der Waals surface area contributed by atoms with Gasteiger partial charge in [-0.25, -0.2) is 9.97 Å². The lowest BCUT2D eigenvalue weighted by Gasteiger charge is -2.39. The third kappa shape index (κ3) is 5.30. The number of nitrogens with zero attached hydrogens (tertiary/aromatic N) is 4. The lowest BCUT2D eigenvalue weighted by Crippen LogP contribution is -2.54. The summed E-state index contributed by atoms with van der Waals surface area (Å²) >= 11 is 5.96. The van der Waals surface area contributed by atoms with Gasteiger partial charge in [0.2, 0.25) is 17.8 Å². The first-order valence-electron chi connectivity index (χ1n) is 10.2. The average molecular weight is 493 g/mol. The van der Waals surface area contributed by atoms with Crippen molar-refractivity contribution < 1.29 is 22.7 Å². The fraction of sp³-hybridized carbons (Fsp3) is 0.273. The fourth-order valence-corrected chi connectivity index (χ4v) is 3.57. The number of rotatable bonds is 6. The molecule has 2 heterocycles. The third-order valence-electron chi connectivity index (χ3n) is 5.13. The monoisotopic (exact) mass is 492 g/mol. The summed E-state index contributed by atoms with van der Waals surface area (Å²) in [4.78, 5) is 26.0. The van der Waals surface area contributed by atoms with Crippen LogP contribution in [-0.4, -0.2) is 40.1 Å². The molecule has 0 unspecified atom stereocenters. The van der Waals surface area contributed by atoms with Crippen LogP contribution in [0.15, 0.2) is 42.7 Å². The Balaban J connectivity index is 1.39. The number of carbonyl (C=O) groups is 1. The third-order valence-corrected chi connectivity index (χ3v) is 5.43. The molecule has 0 bridgehead atoms. The van der Waals surface area contributed by atoms with Crippen LogP contribution in [0.1, 0.15) is 18.1 Å². The molecular weight excluding hydrogens is 473 g/mol. The topological polar surface area (TPSA) is 92.3 Å². The summed E-state index contributed by atoms with van der Waals surface area (Å²) in [5.74, 6) is 0.761. The molecule has 0 radical (unpaired) electrons. The van der Waals surface area contributed by atoms with Crippen LogP contribution in [0.25, 0.3) is 0 Å². The summed E-state index contributed by atoms with van der Waals surface area (Å²) in [6, 6.07) is 8.43. The van der Waals surface area contributed by atoms with Gasteiger partial charge in [-0.15, -0.1) is 0 Å². The van der Waals surface area contributed by atoms with Crippen molar-refractivity contribution in [2.24, 2.45) is 0 Å². The second-order valence-electron chi connectivity index (χ2n) is 7.68. The van der Waals surface area contributed by atoms with Crippen LogP contribution in [0, 0.1) is 6.92 Å². The van der Waals surface area contributed by atoms with Crippen molar-refractivity contribution in [3.05, 3.63) is 58.9 Å². The summed E-state index contributed by atoms with van der Waals surface area (Å²) in [6.45, 7) is 4.16. The standard InChI is InChI=1S/C22H20ClF3N6O2/c1-12-17(29-13(2)33)4-3-5-18(12)30-20-27-11-28-21(31-20)32-9-15(10-32)34-19-7-6-14(8-16(19)23)22(24,25)26/h3-8,11,15H,9-10H2,1-2H3,(H,29,33)(H,27,28,30,31). The minimum absolute atomic E-state index is 0.100. The predicted molar refractivity (Wildman–Crippen MR) is 122 cm³/mol. The highest BCUT2D eigenvalue weighted by Crippen LogP contribution is 2.35. The molecule has 2 N–H and O–H groups in total. The quantitative estimate of drug-likeness (QED) is 0.509. The minimum Gasteiger partial charge on any atom is -0.485 e. The highest BCUT2D eigenvalue weighted by molar-refractivity contribution is 6.32. The summed E-state index contributed by atoms with van der Waals surface area (Å²) in [5, 5.41) is 5.79. The molecule has 178 valence electrons. The van der Waals surface area contributed by atoms with Gasteiger partial charge in [-0.05, 0) is 42.8 Å². The molecule has 1 fully saturated rings. The molecular formula is C22H20ClF3N6O2. The molecule has 12 heteroatoms. The van der Waals surface area contributed by atoms with Gasteiger partial charge in [0.25, 0.3) is 0 Å². The Morgan fingerprint density at radius 3 is 2.59 bits per heavy atom. The van der Waals surface area contributed by atoms with Crippen molar-refractivity contribution >= 4 is 40.8 Å². The number of benzene rings is 2. The zero-order valence-corrected chi connectivity index (χ0v) is 18.9. The molecule has 1 aliphatic rings. The lowest BCUT2D eigenvalue weighted by atomic mass is 10.1. The first-order chi connectivity index (χ1) is 16.1. The number of carbonyl (C=O) groups excluding carboxylic acids is 1. The van der Waals surface area contributed by atoms with Crippen LogP contribution in [0.5, 0.6) is 5.75 Å². The van der Waals surface area contributed by atoms with Crippen LogP contribution in [0.4, 0.5) is 36.4 Å². The van der Waals surface area contributed by atoms with E-state index in [4.69, 9.17) is 16.3 Å². The Morgan fingerprint density at radius 1 is 1.18 bits per heavy atom. The van der Waals surface area contributed by atoms with Crippen molar-refractivity contribution in [2.75, 3.05) is 28.6 Å². The molecule has 1 saturated heterocycles. The van der Waals surface area contributed by atoms with E-state index in [0.717, 1.165) is 23.4 Å². The van der Waals surface area contributed by atoms with Crippen molar-refractivity contribution in [1.82, 2.24) is 15.0 Å². The lowest BCUT2D eigenvalue weighted by molar-refractivity contribution is -0.137. The average Bonchev–Trinajstić information content (AvgIpc) is 2.73. The highest BCUT2D eigenvalue weighted by atomic mass is 35.5. The second-order valence-corrected chi connectivity index (χ2v) is 8.09. The maximum absolute atomic E-state index is 12.8. The van der Waals surface area contributed by atoms with Crippen LogP contribution in [-0.2, 0) is 11.0 Å². The van der Waals surface area contributed by atoms with Crippen molar-refractivity contribution in [2.45, 2.75) is 26.1 Å². The minimum atomic E-state index is -4.47. The van der Waals surface area contributed by atoms with Crippen molar-refractivity contribution in [1.29, 1.82) is 0 Å². The number of aromatic nitrogens is 3. The van der Waals surface area contributed by atoms with Crippen LogP contribution >= 0.6 is 11.6 Å². The number of hydrogen-bond donors (Lipinski definition) is 2. The van der Waals surface area contributed by atoms with Gasteiger partial charge in [0, 0.05) is 18.3 Å². The fourth-order valence-electron chi connectivity index (χ4n) is 3.35. The summed E-state index contributed by atoms with van der Waals surface area (Å²) in [6.07, 6.45) is -3.37. The van der Waals surface area contributed by atoms with Gasteiger partial charge in [0.05, 0.1) is 23.7 Å². The molecule has 8 nitrogen and oxygen atoms in total. The van der Waals surface area contributed by atoms with E-state index in [0.29, 0.717) is 30.7 Å². The number of anilines is 4. The number of alkyl halides is 3. The predicted octanol–water partition coefficient (Wildman–Crippen LogP) is 4.82. The zero-order chi connectivity index (χ0) is 24.5. The highest BCUT2D eigenvalue weighted by Gasteiger charge is 2.33. The molecule has 3 aromatic rings. The molecule has 2 aromatic carbocycles. The van der Waals surface area contributed by atoms with Crippen LogP contribution in [0.3, 0.4) is 0 Å². The molecule has 1 aliphatic heterocycles. The molecule has 0 spiro atoms. The number of nitrogens with one attached hydrogen (secondary N) is 2. The number of halogens is 4. The Labute approximate surface area is 198 Å².